The van der Waals surface area contributed by atoms with Crippen molar-refractivity contribution in [1.29, 1.82) is 0 Å². The van der Waals surface area contributed by atoms with E-state index in [-0.39, 0.29) is 5.91 Å². The van der Waals surface area contributed by atoms with Crippen molar-refractivity contribution in [3.63, 3.8) is 0 Å². The lowest BCUT2D eigenvalue weighted by molar-refractivity contribution is -0.118. The van der Waals surface area contributed by atoms with Crippen molar-refractivity contribution in [2.75, 3.05) is 17.8 Å². The van der Waals surface area contributed by atoms with Gasteiger partial charge < -0.3 is 4.74 Å². The third-order valence-electron chi connectivity index (χ3n) is 5.02. The largest absolute Gasteiger partial charge is 0.497 e. The molecule has 0 unspecified atom stereocenters. The molecule has 4 rings (SSSR count). The number of fused-ring (bicyclic) bond motifs is 1. The molecular weight excluding hydrogens is 438 g/mol. The summed E-state index contributed by atoms with van der Waals surface area (Å²) >= 11 is 3.32. The van der Waals surface area contributed by atoms with Crippen LogP contribution in [0.15, 0.2) is 71.9 Å². The van der Waals surface area contributed by atoms with Gasteiger partial charge >= 0.3 is 0 Å². The zero-order valence-corrected chi connectivity index (χ0v) is 19.8. The van der Waals surface area contributed by atoms with Gasteiger partial charge in [-0.3, -0.25) is 14.7 Å². The molecule has 2 aromatic carbocycles. The van der Waals surface area contributed by atoms with Gasteiger partial charge in [0.25, 0.3) is 0 Å². The van der Waals surface area contributed by atoms with Crippen LogP contribution >= 0.6 is 23.1 Å². The number of pyridine rings is 1. The number of methoxy groups -OCH3 is 1. The third-order valence-corrected chi connectivity index (χ3v) is 7.16. The van der Waals surface area contributed by atoms with E-state index < -0.39 is 0 Å². The molecular formula is C25H25N3O2S2. The third kappa shape index (κ3) is 5.66. The predicted molar refractivity (Wildman–Crippen MR) is 133 cm³/mol. The van der Waals surface area contributed by atoms with Crippen LogP contribution in [0.25, 0.3) is 10.2 Å². The first kappa shape index (κ1) is 22.3. The van der Waals surface area contributed by atoms with Crippen molar-refractivity contribution in [2.24, 2.45) is 0 Å². The second kappa shape index (κ2) is 10.6. The molecule has 32 heavy (non-hydrogen) atoms. The van der Waals surface area contributed by atoms with Crippen molar-refractivity contribution in [3.8, 4) is 5.75 Å². The molecule has 0 atom stereocenters. The number of hydrogen-bond donors (Lipinski definition) is 0. The van der Waals surface area contributed by atoms with Crippen LogP contribution in [0.1, 0.15) is 24.0 Å². The maximum absolute atomic E-state index is 13.2. The molecule has 0 spiro atoms. The fourth-order valence-electron chi connectivity index (χ4n) is 3.29. The van der Waals surface area contributed by atoms with E-state index in [0.29, 0.717) is 13.0 Å². The van der Waals surface area contributed by atoms with Crippen LogP contribution in [0.5, 0.6) is 5.75 Å². The molecule has 4 aromatic rings. The summed E-state index contributed by atoms with van der Waals surface area (Å²) in [6.07, 6.45) is 4.78. The zero-order valence-electron chi connectivity index (χ0n) is 18.2. The van der Waals surface area contributed by atoms with Gasteiger partial charge in [0.15, 0.2) is 5.13 Å². The first-order chi connectivity index (χ1) is 15.6. The number of carbonyl (C=O) groups is 1. The summed E-state index contributed by atoms with van der Waals surface area (Å²) in [4.78, 5) is 25.1. The standard InChI is InChI=1S/C25H25N3O2S2/c1-18-5-10-22-23(16-18)32-25(27-22)28(17-19-11-13-26-14-12-19)24(29)4-3-15-31-21-8-6-20(30-2)7-9-21/h5-14,16H,3-4,15,17H2,1-2H3. The highest BCUT2D eigenvalue weighted by Gasteiger charge is 2.20. The van der Waals surface area contributed by atoms with Crippen LogP contribution in [-0.2, 0) is 11.3 Å². The molecule has 0 aliphatic rings. The number of ether oxygens (including phenoxy) is 1. The Labute approximate surface area is 196 Å². The Morgan fingerprint density at radius 3 is 2.62 bits per heavy atom. The van der Waals surface area contributed by atoms with Crippen LogP contribution in [-0.4, -0.2) is 28.7 Å². The number of hydrogen-bond acceptors (Lipinski definition) is 6. The fourth-order valence-corrected chi connectivity index (χ4v) is 5.22. The van der Waals surface area contributed by atoms with Gasteiger partial charge in [0, 0.05) is 23.7 Å². The number of aromatic nitrogens is 2. The smallest absolute Gasteiger partial charge is 0.229 e. The number of nitrogens with zero attached hydrogens (tertiary/aromatic N) is 3. The Hall–Kier alpha value is -2.90. The van der Waals surface area contributed by atoms with Crippen molar-refractivity contribution in [2.45, 2.75) is 31.2 Å². The summed E-state index contributed by atoms with van der Waals surface area (Å²) < 4.78 is 6.30. The lowest BCUT2D eigenvalue weighted by atomic mass is 10.2. The molecule has 0 radical (unpaired) electrons. The molecule has 0 saturated heterocycles. The lowest BCUT2D eigenvalue weighted by Gasteiger charge is -2.20. The van der Waals surface area contributed by atoms with Gasteiger partial charge in [0.2, 0.25) is 5.91 Å². The molecule has 0 bridgehead atoms. The first-order valence-electron chi connectivity index (χ1n) is 10.5. The number of thioether (sulfide) groups is 1. The number of carbonyl (C=O) groups excluding carboxylic acids is 1. The topological polar surface area (TPSA) is 55.3 Å². The minimum absolute atomic E-state index is 0.0907. The quantitative estimate of drug-likeness (QED) is 0.221. The van der Waals surface area contributed by atoms with E-state index in [0.717, 1.165) is 38.8 Å². The van der Waals surface area contributed by atoms with E-state index in [4.69, 9.17) is 9.72 Å². The van der Waals surface area contributed by atoms with Crippen LogP contribution in [0.2, 0.25) is 0 Å². The maximum atomic E-state index is 13.2. The highest BCUT2D eigenvalue weighted by Crippen LogP contribution is 2.31. The van der Waals surface area contributed by atoms with Gasteiger partial charge in [-0.25, -0.2) is 4.98 Å². The van der Waals surface area contributed by atoms with Crippen molar-refractivity contribution in [1.82, 2.24) is 9.97 Å². The van der Waals surface area contributed by atoms with Gasteiger partial charge in [-0.1, -0.05) is 17.4 Å². The van der Waals surface area contributed by atoms with Gasteiger partial charge in [-0.2, -0.15) is 0 Å². The molecule has 164 valence electrons. The molecule has 0 aliphatic carbocycles. The normalized spacial score (nSPS) is 10.9. The second-order valence-corrected chi connectivity index (χ2v) is 9.61. The molecule has 0 N–H and O–H groups in total. The van der Waals surface area contributed by atoms with Gasteiger partial charge in [0.1, 0.15) is 5.75 Å². The van der Waals surface area contributed by atoms with E-state index in [1.54, 1.807) is 42.6 Å². The van der Waals surface area contributed by atoms with Crippen LogP contribution in [0, 0.1) is 6.92 Å². The summed E-state index contributed by atoms with van der Waals surface area (Å²) in [5.41, 5.74) is 3.16. The lowest BCUT2D eigenvalue weighted by Crippen LogP contribution is -2.30. The molecule has 1 amide bonds. The van der Waals surface area contributed by atoms with Crippen LogP contribution in [0.3, 0.4) is 0 Å². The Morgan fingerprint density at radius 2 is 1.88 bits per heavy atom. The van der Waals surface area contributed by atoms with Gasteiger partial charge in [-0.15, -0.1) is 11.8 Å². The van der Waals surface area contributed by atoms with E-state index in [1.807, 2.05) is 47.4 Å². The maximum Gasteiger partial charge on any atom is 0.229 e. The summed E-state index contributed by atoms with van der Waals surface area (Å²) in [5, 5.41) is 0.746. The molecule has 7 heteroatoms. The minimum atomic E-state index is 0.0907. The molecule has 2 heterocycles. The summed E-state index contributed by atoms with van der Waals surface area (Å²) in [5.74, 6) is 1.82. The molecule has 0 aliphatic heterocycles. The molecule has 0 fully saturated rings. The van der Waals surface area contributed by atoms with E-state index >= 15 is 0 Å². The number of benzene rings is 2. The average molecular weight is 464 g/mol. The van der Waals surface area contributed by atoms with Gasteiger partial charge in [0.05, 0.1) is 23.9 Å². The Bertz CT molecular complexity index is 1180. The Morgan fingerprint density at radius 1 is 1.09 bits per heavy atom. The van der Waals surface area contributed by atoms with E-state index in [2.05, 4.69) is 24.0 Å². The SMILES string of the molecule is COc1ccc(SCCCC(=O)N(Cc2ccncc2)c2nc3ccc(C)cc3s2)cc1. The molecule has 2 aromatic heterocycles. The number of amides is 1. The summed E-state index contributed by atoms with van der Waals surface area (Å²) in [6.45, 7) is 2.56. The second-order valence-electron chi connectivity index (χ2n) is 7.43. The first-order valence-corrected chi connectivity index (χ1v) is 12.3. The zero-order chi connectivity index (χ0) is 22.3. The van der Waals surface area contributed by atoms with Crippen molar-refractivity contribution in [3.05, 3.63) is 78.1 Å². The Balaban J connectivity index is 1.44. The number of anilines is 1. The van der Waals surface area contributed by atoms with Crippen LogP contribution in [0.4, 0.5) is 5.13 Å². The monoisotopic (exact) mass is 463 g/mol. The number of rotatable bonds is 9. The highest BCUT2D eigenvalue weighted by atomic mass is 32.2. The Kier molecular flexibility index (Phi) is 7.39. The summed E-state index contributed by atoms with van der Waals surface area (Å²) in [7, 11) is 1.66. The van der Waals surface area contributed by atoms with Crippen molar-refractivity contribution < 1.29 is 9.53 Å². The summed E-state index contributed by atoms with van der Waals surface area (Å²) in [6, 6.07) is 18.1. The van der Waals surface area contributed by atoms with Gasteiger partial charge in [-0.05, 0) is 78.8 Å². The number of thiazole rings is 1. The average Bonchev–Trinajstić information content (AvgIpc) is 3.24. The minimum Gasteiger partial charge on any atom is -0.497 e. The number of aryl methyl sites for hydroxylation is 1. The molecule has 0 saturated carbocycles. The highest BCUT2D eigenvalue weighted by molar-refractivity contribution is 7.99. The predicted octanol–water partition coefficient (Wildman–Crippen LogP) is 6.11. The van der Waals surface area contributed by atoms with E-state index in [1.165, 1.54) is 10.5 Å². The van der Waals surface area contributed by atoms with E-state index in [9.17, 15) is 4.79 Å². The van der Waals surface area contributed by atoms with Crippen LogP contribution < -0.4 is 9.64 Å². The van der Waals surface area contributed by atoms with Crippen molar-refractivity contribution >= 4 is 44.4 Å². The molecule has 5 nitrogen and oxygen atoms in total. The fraction of sp³-hybridized carbons (Fsp3) is 0.240.